The van der Waals surface area contributed by atoms with E-state index in [0.29, 0.717) is 6.61 Å². The first kappa shape index (κ1) is 15.5. The zero-order valence-corrected chi connectivity index (χ0v) is 12.9. The lowest BCUT2D eigenvalue weighted by atomic mass is 9.94. The van der Waals surface area contributed by atoms with E-state index in [4.69, 9.17) is 10.6 Å². The molecule has 1 aromatic heterocycles. The molecule has 0 aliphatic rings. The summed E-state index contributed by atoms with van der Waals surface area (Å²) in [6, 6.07) is 8.14. The van der Waals surface area contributed by atoms with Crippen LogP contribution in [0.4, 0.5) is 0 Å². The van der Waals surface area contributed by atoms with Crippen molar-refractivity contribution in [3.63, 3.8) is 0 Å². The number of ether oxygens (including phenoxy) is 1. The van der Waals surface area contributed by atoms with Crippen molar-refractivity contribution in [3.8, 4) is 5.75 Å². The fourth-order valence-electron chi connectivity index (χ4n) is 2.34. The molecule has 2 aromatic rings. The fourth-order valence-corrected chi connectivity index (χ4v) is 2.34. The third kappa shape index (κ3) is 3.60. The highest BCUT2D eigenvalue weighted by atomic mass is 16.5. The van der Waals surface area contributed by atoms with Gasteiger partial charge in [0.1, 0.15) is 5.75 Å². The van der Waals surface area contributed by atoms with Gasteiger partial charge in [-0.1, -0.05) is 25.1 Å². The van der Waals surface area contributed by atoms with Gasteiger partial charge >= 0.3 is 0 Å². The van der Waals surface area contributed by atoms with Gasteiger partial charge in [-0.25, -0.2) is 5.43 Å². The van der Waals surface area contributed by atoms with E-state index in [9.17, 15) is 0 Å². The SMILES string of the molecule is CCCOc1cncc(C(NN)c2cccc(C)c2C)c1. The quantitative estimate of drug-likeness (QED) is 0.632. The summed E-state index contributed by atoms with van der Waals surface area (Å²) in [5.41, 5.74) is 7.54. The minimum absolute atomic E-state index is 0.0948. The molecule has 0 saturated heterocycles. The van der Waals surface area contributed by atoms with Crippen LogP contribution in [0.5, 0.6) is 5.75 Å². The number of pyridine rings is 1. The molecule has 3 N–H and O–H groups in total. The van der Waals surface area contributed by atoms with E-state index in [1.807, 2.05) is 18.3 Å². The minimum atomic E-state index is -0.0948. The maximum atomic E-state index is 5.79. The topological polar surface area (TPSA) is 60.2 Å². The van der Waals surface area contributed by atoms with E-state index in [0.717, 1.165) is 23.3 Å². The lowest BCUT2D eigenvalue weighted by molar-refractivity contribution is 0.315. The number of rotatable bonds is 6. The Labute approximate surface area is 126 Å². The third-order valence-electron chi connectivity index (χ3n) is 3.66. The van der Waals surface area contributed by atoms with Crippen LogP contribution in [0.2, 0.25) is 0 Å². The molecule has 0 radical (unpaired) electrons. The summed E-state index contributed by atoms with van der Waals surface area (Å²) in [7, 11) is 0. The lowest BCUT2D eigenvalue weighted by Gasteiger charge is -2.20. The molecule has 1 heterocycles. The number of hydrogen-bond acceptors (Lipinski definition) is 4. The predicted octanol–water partition coefficient (Wildman–Crippen LogP) is 3.04. The minimum Gasteiger partial charge on any atom is -0.492 e. The van der Waals surface area contributed by atoms with E-state index in [2.05, 4.69) is 43.3 Å². The largest absolute Gasteiger partial charge is 0.492 e. The Morgan fingerprint density at radius 2 is 2.10 bits per heavy atom. The standard InChI is InChI=1S/C17H23N3O/c1-4-8-21-15-9-14(10-19-11-15)17(20-18)16-7-5-6-12(2)13(16)3/h5-7,9-11,17,20H,4,8,18H2,1-3H3. The highest BCUT2D eigenvalue weighted by Crippen LogP contribution is 2.27. The molecule has 1 atom stereocenters. The molecule has 0 saturated carbocycles. The zero-order valence-electron chi connectivity index (χ0n) is 12.9. The predicted molar refractivity (Wildman–Crippen MR) is 85.1 cm³/mol. The number of hydrazine groups is 1. The first-order valence-electron chi connectivity index (χ1n) is 7.27. The molecule has 0 bridgehead atoms. The molecule has 112 valence electrons. The Morgan fingerprint density at radius 1 is 1.29 bits per heavy atom. The van der Waals surface area contributed by atoms with Crippen LogP contribution < -0.4 is 16.0 Å². The van der Waals surface area contributed by atoms with Crippen LogP contribution in [-0.4, -0.2) is 11.6 Å². The van der Waals surface area contributed by atoms with E-state index in [-0.39, 0.29) is 6.04 Å². The van der Waals surface area contributed by atoms with E-state index in [1.54, 1.807) is 6.20 Å². The van der Waals surface area contributed by atoms with Gasteiger partial charge in [0.25, 0.3) is 0 Å². The van der Waals surface area contributed by atoms with Gasteiger partial charge in [0.05, 0.1) is 18.8 Å². The number of nitrogens with two attached hydrogens (primary N) is 1. The van der Waals surface area contributed by atoms with Crippen molar-refractivity contribution in [1.29, 1.82) is 0 Å². The molecule has 0 spiro atoms. The summed E-state index contributed by atoms with van der Waals surface area (Å²) >= 11 is 0. The maximum absolute atomic E-state index is 5.79. The van der Waals surface area contributed by atoms with Gasteiger partial charge in [-0.3, -0.25) is 10.8 Å². The first-order chi connectivity index (χ1) is 10.2. The summed E-state index contributed by atoms with van der Waals surface area (Å²) in [5, 5.41) is 0. The van der Waals surface area contributed by atoms with Crippen LogP contribution in [-0.2, 0) is 0 Å². The number of hydrogen-bond donors (Lipinski definition) is 2. The van der Waals surface area contributed by atoms with Crippen molar-refractivity contribution in [2.45, 2.75) is 33.2 Å². The molecule has 4 heteroatoms. The highest BCUT2D eigenvalue weighted by Gasteiger charge is 2.16. The number of nitrogens with zero attached hydrogens (tertiary/aromatic N) is 1. The second kappa shape index (κ2) is 7.20. The average Bonchev–Trinajstić information content (AvgIpc) is 2.50. The second-order valence-corrected chi connectivity index (χ2v) is 5.19. The van der Waals surface area contributed by atoms with E-state index in [1.165, 1.54) is 11.1 Å². The van der Waals surface area contributed by atoms with E-state index >= 15 is 0 Å². The third-order valence-corrected chi connectivity index (χ3v) is 3.66. The molecule has 1 aromatic carbocycles. The molecule has 0 aliphatic carbocycles. The Hall–Kier alpha value is -1.91. The van der Waals surface area contributed by atoms with Crippen LogP contribution in [0.25, 0.3) is 0 Å². The van der Waals surface area contributed by atoms with Crippen LogP contribution in [0.15, 0.2) is 36.7 Å². The van der Waals surface area contributed by atoms with Gasteiger partial charge in [-0.15, -0.1) is 0 Å². The second-order valence-electron chi connectivity index (χ2n) is 5.19. The zero-order chi connectivity index (χ0) is 15.2. The van der Waals surface area contributed by atoms with Crippen molar-refractivity contribution < 1.29 is 4.74 Å². The Morgan fingerprint density at radius 3 is 2.81 bits per heavy atom. The van der Waals surface area contributed by atoms with E-state index < -0.39 is 0 Å². The summed E-state index contributed by atoms with van der Waals surface area (Å²) < 4.78 is 5.65. The van der Waals surface area contributed by atoms with Crippen molar-refractivity contribution >= 4 is 0 Å². The van der Waals surface area contributed by atoms with Crippen molar-refractivity contribution in [2.24, 2.45) is 5.84 Å². The van der Waals surface area contributed by atoms with Crippen molar-refractivity contribution in [3.05, 3.63) is 58.9 Å². The Kier molecular flexibility index (Phi) is 5.31. The van der Waals surface area contributed by atoms with Crippen LogP contribution in [0.1, 0.15) is 41.6 Å². The molecule has 0 aliphatic heterocycles. The molecule has 0 fully saturated rings. The number of nitrogens with one attached hydrogen (secondary N) is 1. The van der Waals surface area contributed by atoms with Crippen LogP contribution in [0.3, 0.4) is 0 Å². The van der Waals surface area contributed by atoms with Gasteiger partial charge in [-0.05, 0) is 48.6 Å². The monoisotopic (exact) mass is 285 g/mol. The summed E-state index contributed by atoms with van der Waals surface area (Å²) in [6.45, 7) is 6.98. The smallest absolute Gasteiger partial charge is 0.137 e. The van der Waals surface area contributed by atoms with Gasteiger partial charge in [0, 0.05) is 6.20 Å². The Bertz CT molecular complexity index is 598. The van der Waals surface area contributed by atoms with Crippen LogP contribution >= 0.6 is 0 Å². The Balaban J connectivity index is 2.35. The van der Waals surface area contributed by atoms with Crippen LogP contribution in [0, 0.1) is 13.8 Å². The molecule has 0 amide bonds. The van der Waals surface area contributed by atoms with Gasteiger partial charge < -0.3 is 4.74 Å². The number of aryl methyl sites for hydroxylation is 1. The maximum Gasteiger partial charge on any atom is 0.137 e. The number of benzene rings is 1. The summed E-state index contributed by atoms with van der Waals surface area (Å²) in [6.07, 6.45) is 4.53. The lowest BCUT2D eigenvalue weighted by Crippen LogP contribution is -2.29. The molecule has 21 heavy (non-hydrogen) atoms. The molecular weight excluding hydrogens is 262 g/mol. The first-order valence-corrected chi connectivity index (χ1v) is 7.27. The summed E-state index contributed by atoms with van der Waals surface area (Å²) in [5.74, 6) is 6.57. The average molecular weight is 285 g/mol. The van der Waals surface area contributed by atoms with Crippen molar-refractivity contribution in [2.75, 3.05) is 6.61 Å². The fraction of sp³-hybridized carbons (Fsp3) is 0.353. The molecule has 4 nitrogen and oxygen atoms in total. The van der Waals surface area contributed by atoms with Gasteiger partial charge in [-0.2, -0.15) is 0 Å². The molecule has 2 rings (SSSR count). The molecular formula is C17H23N3O. The highest BCUT2D eigenvalue weighted by molar-refractivity contribution is 5.41. The van der Waals surface area contributed by atoms with Crippen molar-refractivity contribution in [1.82, 2.24) is 10.4 Å². The normalized spacial score (nSPS) is 12.2. The number of aromatic nitrogens is 1. The van der Waals surface area contributed by atoms with Gasteiger partial charge in [0.15, 0.2) is 0 Å². The van der Waals surface area contributed by atoms with Gasteiger partial charge in [0.2, 0.25) is 0 Å². The molecule has 1 unspecified atom stereocenters. The summed E-state index contributed by atoms with van der Waals surface area (Å²) in [4.78, 5) is 4.26.